The lowest BCUT2D eigenvalue weighted by Gasteiger charge is -2.14. The van der Waals surface area contributed by atoms with Crippen molar-refractivity contribution in [3.05, 3.63) is 70.1 Å². The van der Waals surface area contributed by atoms with Gasteiger partial charge in [-0.2, -0.15) is 0 Å². The maximum atomic E-state index is 6.63. The van der Waals surface area contributed by atoms with Crippen LogP contribution in [-0.2, 0) is 19.4 Å². The highest BCUT2D eigenvalue weighted by Gasteiger charge is 2.21. The van der Waals surface area contributed by atoms with Gasteiger partial charge in [0.25, 0.3) is 0 Å². The second kappa shape index (κ2) is 7.86. The van der Waals surface area contributed by atoms with Crippen LogP contribution in [0.1, 0.15) is 11.3 Å². The number of hydrogen-bond acceptors (Lipinski definition) is 3. The van der Waals surface area contributed by atoms with Crippen LogP contribution in [0.15, 0.2) is 48.8 Å². The van der Waals surface area contributed by atoms with Gasteiger partial charge in [0.2, 0.25) is 0 Å². The summed E-state index contributed by atoms with van der Waals surface area (Å²) in [5.74, 6) is 0.878. The van der Waals surface area contributed by atoms with Crippen molar-refractivity contribution in [2.75, 3.05) is 19.7 Å². The molecule has 0 fully saturated rings. The van der Waals surface area contributed by atoms with E-state index < -0.39 is 0 Å². The van der Waals surface area contributed by atoms with Crippen molar-refractivity contribution in [2.45, 2.75) is 19.4 Å². The molecule has 5 rings (SSSR count). The van der Waals surface area contributed by atoms with Crippen LogP contribution in [0.4, 0.5) is 0 Å². The highest BCUT2D eigenvalue weighted by Crippen LogP contribution is 2.35. The number of hydrogen-bond donors (Lipinski definition) is 1. The molecule has 2 aromatic carbocycles. The van der Waals surface area contributed by atoms with Crippen molar-refractivity contribution in [2.24, 2.45) is 0 Å². The third-order valence-corrected chi connectivity index (χ3v) is 6.11. The van der Waals surface area contributed by atoms with Crippen molar-refractivity contribution < 1.29 is 4.74 Å². The first-order valence-electron chi connectivity index (χ1n) is 9.87. The lowest BCUT2D eigenvalue weighted by atomic mass is 10.1. The number of ether oxygens (including phenoxy) is 1. The number of halogens is 2. The number of nitrogens with zero attached hydrogens (tertiary/aromatic N) is 2. The Morgan fingerprint density at radius 3 is 2.90 bits per heavy atom. The minimum Gasteiger partial charge on any atom is -0.491 e. The number of benzene rings is 2. The maximum Gasteiger partial charge on any atom is 0.127 e. The summed E-state index contributed by atoms with van der Waals surface area (Å²) in [5, 5.41) is 8.19. The third-order valence-electron chi connectivity index (χ3n) is 5.60. The highest BCUT2D eigenvalue weighted by atomic mass is 35.5. The van der Waals surface area contributed by atoms with E-state index in [2.05, 4.69) is 14.9 Å². The minimum atomic E-state index is 0.560. The summed E-state index contributed by atoms with van der Waals surface area (Å²) in [5.41, 5.74) is 3.75. The molecule has 148 valence electrons. The Morgan fingerprint density at radius 2 is 1.97 bits per heavy atom. The van der Waals surface area contributed by atoms with Crippen LogP contribution < -0.4 is 10.1 Å². The first-order valence-corrected chi connectivity index (χ1v) is 10.6. The summed E-state index contributed by atoms with van der Waals surface area (Å²) < 4.78 is 8.52. The first-order chi connectivity index (χ1) is 14.2. The molecule has 1 aliphatic rings. The molecule has 4 nitrogen and oxygen atoms in total. The largest absolute Gasteiger partial charge is 0.491 e. The summed E-state index contributed by atoms with van der Waals surface area (Å²) in [7, 11) is 0. The fourth-order valence-electron chi connectivity index (χ4n) is 4.35. The Balaban J connectivity index is 1.49. The predicted octanol–water partition coefficient (Wildman–Crippen LogP) is 5.26. The zero-order chi connectivity index (χ0) is 19.8. The second-order valence-electron chi connectivity index (χ2n) is 7.31. The van der Waals surface area contributed by atoms with Crippen LogP contribution in [0.5, 0.6) is 5.75 Å². The van der Waals surface area contributed by atoms with Crippen LogP contribution in [0, 0.1) is 0 Å². The number of nitrogens with one attached hydrogen (secondary N) is 1. The van der Waals surface area contributed by atoms with E-state index in [9.17, 15) is 0 Å². The number of rotatable bonds is 4. The Kier molecular flexibility index (Phi) is 5.08. The Morgan fingerprint density at radius 1 is 1.07 bits per heavy atom. The van der Waals surface area contributed by atoms with Gasteiger partial charge in [0.1, 0.15) is 12.4 Å². The second-order valence-corrected chi connectivity index (χ2v) is 8.16. The molecule has 6 heteroatoms. The molecule has 0 saturated carbocycles. The van der Waals surface area contributed by atoms with E-state index in [0.29, 0.717) is 16.7 Å². The van der Waals surface area contributed by atoms with Crippen LogP contribution in [0.2, 0.25) is 10.0 Å². The lowest BCUT2D eigenvalue weighted by molar-refractivity contribution is 0.302. The molecule has 1 aliphatic heterocycles. The summed E-state index contributed by atoms with van der Waals surface area (Å²) in [6.07, 6.45) is 5.60. The predicted molar refractivity (Wildman–Crippen MR) is 119 cm³/mol. The molecule has 0 radical (unpaired) electrons. The zero-order valence-electron chi connectivity index (χ0n) is 15.9. The van der Waals surface area contributed by atoms with Gasteiger partial charge in [-0.15, -0.1) is 0 Å². The van der Waals surface area contributed by atoms with Crippen LogP contribution in [0.3, 0.4) is 0 Å². The third kappa shape index (κ3) is 3.46. The molecular weight excluding hydrogens is 405 g/mol. The minimum absolute atomic E-state index is 0.560. The van der Waals surface area contributed by atoms with Crippen molar-refractivity contribution >= 4 is 44.9 Å². The molecule has 0 aliphatic carbocycles. The molecule has 0 atom stereocenters. The normalized spacial score (nSPS) is 14.1. The number of aromatic nitrogens is 2. The lowest BCUT2D eigenvalue weighted by Crippen LogP contribution is -2.18. The van der Waals surface area contributed by atoms with Gasteiger partial charge in [-0.05, 0) is 42.8 Å². The fraction of sp³-hybridized carbons (Fsp3) is 0.261. The quantitative estimate of drug-likeness (QED) is 0.484. The van der Waals surface area contributed by atoms with Gasteiger partial charge in [-0.25, -0.2) is 0 Å². The van der Waals surface area contributed by atoms with Gasteiger partial charge in [0.05, 0.1) is 17.1 Å². The summed E-state index contributed by atoms with van der Waals surface area (Å²) in [6, 6.07) is 11.9. The van der Waals surface area contributed by atoms with Crippen LogP contribution in [0.25, 0.3) is 21.7 Å². The molecule has 4 aromatic rings. The molecule has 0 bridgehead atoms. The topological polar surface area (TPSA) is 39.1 Å². The molecule has 0 spiro atoms. The monoisotopic (exact) mass is 425 g/mol. The summed E-state index contributed by atoms with van der Waals surface area (Å²) in [6.45, 7) is 3.22. The van der Waals surface area contributed by atoms with Crippen molar-refractivity contribution in [1.29, 1.82) is 0 Å². The van der Waals surface area contributed by atoms with E-state index in [1.165, 1.54) is 11.3 Å². The van der Waals surface area contributed by atoms with Crippen LogP contribution in [-0.4, -0.2) is 29.2 Å². The van der Waals surface area contributed by atoms with E-state index in [1.807, 2.05) is 42.6 Å². The van der Waals surface area contributed by atoms with Gasteiger partial charge in [-0.3, -0.25) is 4.98 Å². The van der Waals surface area contributed by atoms with E-state index in [4.69, 9.17) is 27.9 Å². The average Bonchev–Trinajstić information content (AvgIpc) is 2.87. The van der Waals surface area contributed by atoms with E-state index in [1.54, 1.807) is 6.20 Å². The number of pyridine rings is 1. The van der Waals surface area contributed by atoms with Crippen molar-refractivity contribution in [1.82, 2.24) is 14.9 Å². The molecule has 29 heavy (non-hydrogen) atoms. The smallest absolute Gasteiger partial charge is 0.127 e. The molecule has 2 aromatic heterocycles. The van der Waals surface area contributed by atoms with Crippen molar-refractivity contribution in [3.63, 3.8) is 0 Å². The Labute approximate surface area is 179 Å². The zero-order valence-corrected chi connectivity index (χ0v) is 17.4. The number of fused-ring (bicyclic) bond motifs is 4. The van der Waals surface area contributed by atoms with Gasteiger partial charge in [0, 0.05) is 52.2 Å². The van der Waals surface area contributed by atoms with Gasteiger partial charge < -0.3 is 14.6 Å². The van der Waals surface area contributed by atoms with Crippen molar-refractivity contribution in [3.8, 4) is 5.75 Å². The summed E-state index contributed by atoms with van der Waals surface area (Å²) in [4.78, 5) is 4.19. The average molecular weight is 426 g/mol. The standard InChI is InChI=1S/C23H21Cl2N3O/c24-16-12-19-18-5-7-26-9-6-21(18)28(23(19)20(25)13-16)10-11-29-22-3-1-2-15-14-27-8-4-17(15)22/h1-4,8,12-14,26H,5-7,9-11H2. The van der Waals surface area contributed by atoms with Gasteiger partial charge in [0.15, 0.2) is 0 Å². The van der Waals surface area contributed by atoms with E-state index in [-0.39, 0.29) is 0 Å². The molecule has 0 saturated heterocycles. The first kappa shape index (κ1) is 18.7. The van der Waals surface area contributed by atoms with E-state index in [0.717, 1.165) is 59.9 Å². The van der Waals surface area contributed by atoms with Crippen LogP contribution >= 0.6 is 23.2 Å². The molecule has 3 heterocycles. The van der Waals surface area contributed by atoms with Gasteiger partial charge in [-0.1, -0.05) is 35.3 Å². The molecule has 0 amide bonds. The SMILES string of the molecule is Clc1cc(Cl)c2c(c1)c1c(n2CCOc2cccc3cnccc23)CCNCC1. The highest BCUT2D eigenvalue weighted by molar-refractivity contribution is 6.38. The Bertz CT molecular complexity index is 1200. The molecular formula is C23H21Cl2N3O. The molecule has 0 unspecified atom stereocenters. The summed E-state index contributed by atoms with van der Waals surface area (Å²) >= 11 is 13.0. The fourth-order valence-corrected chi connectivity index (χ4v) is 4.94. The maximum absolute atomic E-state index is 6.63. The Hall–Kier alpha value is -2.27. The van der Waals surface area contributed by atoms with E-state index >= 15 is 0 Å². The molecule has 1 N–H and O–H groups in total. The van der Waals surface area contributed by atoms with Gasteiger partial charge >= 0.3 is 0 Å².